The van der Waals surface area contributed by atoms with E-state index >= 15 is 0 Å². The first-order valence-corrected chi connectivity index (χ1v) is 6.49. The molecule has 0 heterocycles. The van der Waals surface area contributed by atoms with Crippen molar-refractivity contribution in [2.24, 2.45) is 17.6 Å². The highest BCUT2D eigenvalue weighted by atomic mass is 16.1. The Morgan fingerprint density at radius 2 is 2.07 bits per heavy atom. The van der Waals surface area contributed by atoms with Crippen LogP contribution in [0.15, 0.2) is 0 Å². The van der Waals surface area contributed by atoms with Gasteiger partial charge in [-0.05, 0) is 38.0 Å². The summed E-state index contributed by atoms with van der Waals surface area (Å²) in [5, 5.41) is 0. The van der Waals surface area contributed by atoms with E-state index in [4.69, 9.17) is 5.73 Å². The molecule has 0 radical (unpaired) electrons. The molecule has 2 aliphatic carbocycles. The monoisotopic (exact) mass is 209 g/mol. The van der Waals surface area contributed by atoms with Crippen LogP contribution in [-0.2, 0) is 4.79 Å². The van der Waals surface area contributed by atoms with Gasteiger partial charge < -0.3 is 5.73 Å². The third-order valence-electron chi connectivity index (χ3n) is 4.47. The number of carbonyl (C=O) groups is 1. The van der Waals surface area contributed by atoms with E-state index in [1.54, 1.807) is 0 Å². The quantitative estimate of drug-likeness (QED) is 0.776. The van der Waals surface area contributed by atoms with Gasteiger partial charge in [-0.25, -0.2) is 0 Å². The van der Waals surface area contributed by atoms with Crippen LogP contribution < -0.4 is 5.73 Å². The molecule has 15 heavy (non-hydrogen) atoms. The number of nitrogens with two attached hydrogens (primary N) is 1. The standard InChI is InChI=1S/C13H23NO/c1-2-10-5-3-6-11(9-10)12(15)13(14)7-4-8-13/h10-11H,2-9,14H2,1H3. The van der Waals surface area contributed by atoms with Crippen molar-refractivity contribution in [3.63, 3.8) is 0 Å². The minimum atomic E-state index is -0.416. The van der Waals surface area contributed by atoms with Crippen molar-refractivity contribution in [1.82, 2.24) is 0 Å². The Morgan fingerprint density at radius 1 is 1.33 bits per heavy atom. The largest absolute Gasteiger partial charge is 0.319 e. The Kier molecular flexibility index (Phi) is 3.15. The van der Waals surface area contributed by atoms with E-state index in [9.17, 15) is 4.79 Å². The maximum Gasteiger partial charge on any atom is 0.155 e. The van der Waals surface area contributed by atoms with Crippen LogP contribution in [0, 0.1) is 11.8 Å². The Labute approximate surface area is 92.6 Å². The lowest BCUT2D eigenvalue weighted by Gasteiger charge is -2.40. The third-order valence-corrected chi connectivity index (χ3v) is 4.47. The molecule has 0 amide bonds. The fourth-order valence-corrected chi connectivity index (χ4v) is 3.11. The van der Waals surface area contributed by atoms with E-state index in [2.05, 4.69) is 6.92 Å². The van der Waals surface area contributed by atoms with E-state index in [1.807, 2.05) is 0 Å². The predicted molar refractivity (Wildman–Crippen MR) is 61.5 cm³/mol. The van der Waals surface area contributed by atoms with Crippen LogP contribution in [0.4, 0.5) is 0 Å². The molecule has 0 bridgehead atoms. The molecule has 0 aliphatic heterocycles. The van der Waals surface area contributed by atoms with Gasteiger partial charge in [-0.1, -0.05) is 26.2 Å². The Bertz CT molecular complexity index is 245. The van der Waals surface area contributed by atoms with Crippen LogP contribution in [-0.4, -0.2) is 11.3 Å². The number of carbonyl (C=O) groups excluding carboxylic acids is 1. The number of Topliss-reactive ketones (excluding diaryl/α,β-unsaturated/α-hetero) is 1. The molecule has 2 aliphatic rings. The SMILES string of the molecule is CCC1CCCC(C(=O)C2(N)CCC2)C1. The molecule has 0 saturated heterocycles. The fourth-order valence-electron chi connectivity index (χ4n) is 3.11. The molecule has 2 heteroatoms. The number of hydrogen-bond acceptors (Lipinski definition) is 2. The highest BCUT2D eigenvalue weighted by Crippen LogP contribution is 2.38. The zero-order valence-corrected chi connectivity index (χ0v) is 9.80. The summed E-state index contributed by atoms with van der Waals surface area (Å²) in [6, 6.07) is 0. The summed E-state index contributed by atoms with van der Waals surface area (Å²) >= 11 is 0. The summed E-state index contributed by atoms with van der Waals surface area (Å²) in [5.41, 5.74) is 5.70. The van der Waals surface area contributed by atoms with Gasteiger partial charge in [0, 0.05) is 5.92 Å². The van der Waals surface area contributed by atoms with Crippen LogP contribution in [0.5, 0.6) is 0 Å². The number of hydrogen-bond donors (Lipinski definition) is 1. The van der Waals surface area contributed by atoms with Crippen molar-refractivity contribution in [3.8, 4) is 0 Å². The molecule has 2 unspecified atom stereocenters. The predicted octanol–water partition coefficient (Wildman–Crippen LogP) is 2.65. The first-order valence-electron chi connectivity index (χ1n) is 6.49. The maximum absolute atomic E-state index is 12.2. The third kappa shape index (κ3) is 2.10. The van der Waals surface area contributed by atoms with Crippen molar-refractivity contribution in [1.29, 1.82) is 0 Å². The van der Waals surface area contributed by atoms with E-state index in [0.29, 0.717) is 5.78 Å². The van der Waals surface area contributed by atoms with E-state index in [1.165, 1.54) is 19.3 Å². The van der Waals surface area contributed by atoms with Crippen LogP contribution in [0.1, 0.15) is 58.3 Å². The number of rotatable bonds is 3. The van der Waals surface area contributed by atoms with Crippen LogP contribution in [0.3, 0.4) is 0 Å². The first-order chi connectivity index (χ1) is 7.15. The van der Waals surface area contributed by atoms with E-state index in [-0.39, 0.29) is 5.92 Å². The smallest absolute Gasteiger partial charge is 0.155 e. The molecular formula is C13H23NO. The summed E-state index contributed by atoms with van der Waals surface area (Å²) in [6.07, 6.45) is 8.97. The minimum absolute atomic E-state index is 0.286. The van der Waals surface area contributed by atoms with Gasteiger partial charge in [0.1, 0.15) is 0 Å². The molecule has 2 rings (SSSR count). The van der Waals surface area contributed by atoms with Gasteiger partial charge in [0.05, 0.1) is 5.54 Å². The molecule has 2 saturated carbocycles. The van der Waals surface area contributed by atoms with Gasteiger partial charge in [-0.15, -0.1) is 0 Å². The topological polar surface area (TPSA) is 43.1 Å². The van der Waals surface area contributed by atoms with Crippen molar-refractivity contribution in [2.75, 3.05) is 0 Å². The van der Waals surface area contributed by atoms with Crippen molar-refractivity contribution >= 4 is 5.78 Å². The van der Waals surface area contributed by atoms with Gasteiger partial charge >= 0.3 is 0 Å². The van der Waals surface area contributed by atoms with Gasteiger partial charge in [0.2, 0.25) is 0 Å². The highest BCUT2D eigenvalue weighted by Gasteiger charge is 2.43. The Hall–Kier alpha value is -0.370. The van der Waals surface area contributed by atoms with Crippen LogP contribution >= 0.6 is 0 Å². The second kappa shape index (κ2) is 4.25. The minimum Gasteiger partial charge on any atom is -0.319 e. The van der Waals surface area contributed by atoms with Gasteiger partial charge in [0.25, 0.3) is 0 Å². The lowest BCUT2D eigenvalue weighted by molar-refractivity contribution is -0.132. The summed E-state index contributed by atoms with van der Waals surface area (Å²) < 4.78 is 0. The Balaban J connectivity index is 1.95. The number of ketones is 1. The molecule has 86 valence electrons. The first kappa shape index (κ1) is 11.1. The maximum atomic E-state index is 12.2. The average Bonchev–Trinajstić information content (AvgIpc) is 2.25. The van der Waals surface area contributed by atoms with Crippen LogP contribution in [0.25, 0.3) is 0 Å². The normalized spacial score (nSPS) is 34.5. The second-order valence-electron chi connectivity index (χ2n) is 5.51. The molecule has 0 spiro atoms. The van der Waals surface area contributed by atoms with Crippen molar-refractivity contribution < 1.29 is 4.79 Å². The molecule has 0 aromatic rings. The van der Waals surface area contributed by atoms with Gasteiger partial charge in [0.15, 0.2) is 5.78 Å². The highest BCUT2D eigenvalue weighted by molar-refractivity contribution is 5.91. The molecule has 2 nitrogen and oxygen atoms in total. The van der Waals surface area contributed by atoms with Crippen molar-refractivity contribution in [2.45, 2.75) is 63.8 Å². The van der Waals surface area contributed by atoms with E-state index < -0.39 is 5.54 Å². The summed E-state index contributed by atoms with van der Waals surface area (Å²) in [5.74, 6) is 1.44. The lowest BCUT2D eigenvalue weighted by Crippen LogP contribution is -2.56. The molecule has 2 fully saturated rings. The molecule has 2 atom stereocenters. The summed E-state index contributed by atoms with van der Waals surface area (Å²) in [7, 11) is 0. The molecule has 2 N–H and O–H groups in total. The summed E-state index contributed by atoms with van der Waals surface area (Å²) in [6.45, 7) is 2.24. The average molecular weight is 209 g/mol. The van der Waals surface area contributed by atoms with Gasteiger partial charge in [-0.3, -0.25) is 4.79 Å². The Morgan fingerprint density at radius 3 is 2.60 bits per heavy atom. The zero-order valence-electron chi connectivity index (χ0n) is 9.80. The zero-order chi connectivity index (χ0) is 10.9. The second-order valence-corrected chi connectivity index (χ2v) is 5.51. The molecule has 0 aromatic heterocycles. The lowest BCUT2D eigenvalue weighted by atomic mass is 9.67. The van der Waals surface area contributed by atoms with Crippen LogP contribution in [0.2, 0.25) is 0 Å². The fraction of sp³-hybridized carbons (Fsp3) is 0.923. The molecule has 0 aromatic carbocycles. The van der Waals surface area contributed by atoms with Gasteiger partial charge in [-0.2, -0.15) is 0 Å². The summed E-state index contributed by atoms with van der Waals surface area (Å²) in [4.78, 5) is 12.2. The molecular weight excluding hydrogens is 186 g/mol. The van der Waals surface area contributed by atoms with Crippen molar-refractivity contribution in [3.05, 3.63) is 0 Å². The van der Waals surface area contributed by atoms with E-state index in [0.717, 1.165) is 38.0 Å².